The monoisotopic (exact) mass is 384 g/mol. The highest BCUT2D eigenvalue weighted by Crippen LogP contribution is 2.30. The van der Waals surface area contributed by atoms with Crippen LogP contribution in [-0.2, 0) is 9.59 Å². The molecule has 0 radical (unpaired) electrons. The number of benzene rings is 2. The quantitative estimate of drug-likeness (QED) is 0.725. The summed E-state index contributed by atoms with van der Waals surface area (Å²) >= 11 is 0. The number of rotatable bonds is 8. The van der Waals surface area contributed by atoms with Gasteiger partial charge >= 0.3 is 0 Å². The van der Waals surface area contributed by atoms with Gasteiger partial charge in [0.25, 0.3) is 5.91 Å². The van der Waals surface area contributed by atoms with E-state index < -0.39 is 0 Å². The standard InChI is InChI=1S/C21H24N2O5/c1-5-6-15-7-9-19(20(11-15)27-4)28-13-21(25)23-17-12-16(22-14(2)24)8-10-18(17)26-3/h5-12H,13H2,1-4H3,(H,22,24)(H,23,25)/b6-5-. The van der Waals surface area contributed by atoms with Crippen molar-refractivity contribution in [3.05, 3.63) is 48.0 Å². The van der Waals surface area contributed by atoms with Crippen molar-refractivity contribution in [2.24, 2.45) is 0 Å². The number of anilines is 2. The summed E-state index contributed by atoms with van der Waals surface area (Å²) in [7, 11) is 3.04. The Morgan fingerprint density at radius 2 is 1.68 bits per heavy atom. The van der Waals surface area contributed by atoms with Gasteiger partial charge in [0.05, 0.1) is 19.9 Å². The summed E-state index contributed by atoms with van der Waals surface area (Å²) in [5, 5.41) is 5.38. The van der Waals surface area contributed by atoms with Crippen LogP contribution in [0.25, 0.3) is 6.08 Å². The first kappa shape index (κ1) is 20.8. The maximum Gasteiger partial charge on any atom is 0.262 e. The summed E-state index contributed by atoms with van der Waals surface area (Å²) in [5.41, 5.74) is 1.94. The fourth-order valence-electron chi connectivity index (χ4n) is 2.52. The van der Waals surface area contributed by atoms with Crippen LogP contribution in [0.15, 0.2) is 42.5 Å². The molecule has 0 unspecified atom stereocenters. The summed E-state index contributed by atoms with van der Waals surface area (Å²) < 4.78 is 16.2. The molecule has 0 heterocycles. The summed E-state index contributed by atoms with van der Waals surface area (Å²) in [6.45, 7) is 3.12. The molecule has 0 spiro atoms. The number of amides is 2. The average Bonchev–Trinajstić information content (AvgIpc) is 2.67. The van der Waals surface area contributed by atoms with E-state index in [-0.39, 0.29) is 18.4 Å². The first-order valence-corrected chi connectivity index (χ1v) is 8.65. The van der Waals surface area contributed by atoms with E-state index in [4.69, 9.17) is 14.2 Å². The van der Waals surface area contributed by atoms with Gasteiger partial charge in [-0.05, 0) is 42.8 Å². The lowest BCUT2D eigenvalue weighted by atomic mass is 10.2. The maximum atomic E-state index is 12.3. The van der Waals surface area contributed by atoms with Gasteiger partial charge in [0.1, 0.15) is 5.75 Å². The molecule has 0 aromatic heterocycles. The molecule has 0 fully saturated rings. The van der Waals surface area contributed by atoms with Crippen molar-refractivity contribution in [3.8, 4) is 17.2 Å². The Kier molecular flexibility index (Phi) is 7.45. The number of methoxy groups -OCH3 is 2. The fraction of sp³-hybridized carbons (Fsp3) is 0.238. The molecule has 2 rings (SSSR count). The number of nitrogens with one attached hydrogen (secondary N) is 2. The molecule has 2 aromatic carbocycles. The van der Waals surface area contributed by atoms with E-state index in [0.29, 0.717) is 28.6 Å². The minimum absolute atomic E-state index is 0.209. The molecule has 2 amide bonds. The Morgan fingerprint density at radius 3 is 2.32 bits per heavy atom. The van der Waals surface area contributed by atoms with Crippen LogP contribution >= 0.6 is 0 Å². The summed E-state index contributed by atoms with van der Waals surface area (Å²) in [5.74, 6) is 0.881. The van der Waals surface area contributed by atoms with Crippen molar-refractivity contribution in [1.82, 2.24) is 0 Å². The van der Waals surface area contributed by atoms with Gasteiger partial charge in [-0.1, -0.05) is 18.2 Å². The number of carbonyl (C=O) groups excluding carboxylic acids is 2. The lowest BCUT2D eigenvalue weighted by Gasteiger charge is -2.14. The Labute approximate surface area is 164 Å². The predicted octanol–water partition coefficient (Wildman–Crippen LogP) is 3.71. The largest absolute Gasteiger partial charge is 0.495 e. The first-order valence-electron chi connectivity index (χ1n) is 8.65. The minimum atomic E-state index is -0.377. The third-order valence-electron chi connectivity index (χ3n) is 3.70. The number of carbonyl (C=O) groups is 2. The molecular weight excluding hydrogens is 360 g/mol. The highest BCUT2D eigenvalue weighted by Gasteiger charge is 2.12. The molecule has 7 heteroatoms. The Bertz CT molecular complexity index is 877. The van der Waals surface area contributed by atoms with E-state index in [2.05, 4.69) is 10.6 Å². The number of allylic oxidation sites excluding steroid dienone is 1. The molecule has 28 heavy (non-hydrogen) atoms. The van der Waals surface area contributed by atoms with Crippen LogP contribution in [0.2, 0.25) is 0 Å². The summed E-state index contributed by atoms with van der Waals surface area (Å²) in [6, 6.07) is 10.4. The molecule has 0 atom stereocenters. The van der Waals surface area contributed by atoms with Gasteiger partial charge in [-0.3, -0.25) is 9.59 Å². The van der Waals surface area contributed by atoms with Crippen molar-refractivity contribution in [2.45, 2.75) is 13.8 Å². The third-order valence-corrected chi connectivity index (χ3v) is 3.70. The van der Waals surface area contributed by atoms with Gasteiger partial charge in [0, 0.05) is 12.6 Å². The van der Waals surface area contributed by atoms with E-state index >= 15 is 0 Å². The molecule has 2 N–H and O–H groups in total. The van der Waals surface area contributed by atoms with Gasteiger partial charge < -0.3 is 24.8 Å². The summed E-state index contributed by atoms with van der Waals surface area (Å²) in [4.78, 5) is 23.5. The molecular formula is C21H24N2O5. The van der Waals surface area contributed by atoms with Gasteiger partial charge in [0.2, 0.25) is 5.91 Å². The van der Waals surface area contributed by atoms with Crippen LogP contribution in [0, 0.1) is 0 Å². The molecule has 0 bridgehead atoms. The molecule has 0 aliphatic carbocycles. The van der Waals surface area contributed by atoms with Crippen molar-refractivity contribution >= 4 is 29.3 Å². The maximum absolute atomic E-state index is 12.3. The van der Waals surface area contributed by atoms with Crippen LogP contribution in [0.3, 0.4) is 0 Å². The van der Waals surface area contributed by atoms with Crippen LogP contribution < -0.4 is 24.8 Å². The zero-order chi connectivity index (χ0) is 20.5. The van der Waals surface area contributed by atoms with E-state index in [9.17, 15) is 9.59 Å². The van der Waals surface area contributed by atoms with E-state index in [1.54, 1.807) is 31.4 Å². The van der Waals surface area contributed by atoms with E-state index in [1.165, 1.54) is 14.0 Å². The van der Waals surface area contributed by atoms with Crippen molar-refractivity contribution < 1.29 is 23.8 Å². The van der Waals surface area contributed by atoms with E-state index in [0.717, 1.165) is 5.56 Å². The SMILES string of the molecule is C/C=C\c1ccc(OCC(=O)Nc2cc(NC(C)=O)ccc2OC)c(OC)c1. The van der Waals surface area contributed by atoms with Crippen LogP contribution in [0.1, 0.15) is 19.4 Å². The molecule has 0 saturated heterocycles. The van der Waals surface area contributed by atoms with Crippen molar-refractivity contribution in [2.75, 3.05) is 31.5 Å². The van der Waals surface area contributed by atoms with Crippen LogP contribution in [0.4, 0.5) is 11.4 Å². The molecule has 0 saturated carbocycles. The van der Waals surface area contributed by atoms with Crippen molar-refractivity contribution in [3.63, 3.8) is 0 Å². The number of hydrogen-bond acceptors (Lipinski definition) is 5. The Balaban J connectivity index is 2.07. The second-order valence-corrected chi connectivity index (χ2v) is 5.84. The lowest BCUT2D eigenvalue weighted by molar-refractivity contribution is -0.118. The molecule has 0 aliphatic heterocycles. The molecule has 0 aliphatic rings. The van der Waals surface area contributed by atoms with Crippen LogP contribution in [0.5, 0.6) is 17.2 Å². The fourth-order valence-corrected chi connectivity index (χ4v) is 2.52. The van der Waals surface area contributed by atoms with Crippen LogP contribution in [-0.4, -0.2) is 32.6 Å². The normalized spacial score (nSPS) is 10.4. The lowest BCUT2D eigenvalue weighted by Crippen LogP contribution is -2.21. The van der Waals surface area contributed by atoms with Gasteiger partial charge in [0.15, 0.2) is 18.1 Å². The first-order chi connectivity index (χ1) is 13.5. The Hall–Kier alpha value is -3.48. The highest BCUT2D eigenvalue weighted by molar-refractivity contribution is 5.95. The smallest absolute Gasteiger partial charge is 0.262 e. The van der Waals surface area contributed by atoms with E-state index in [1.807, 2.05) is 31.2 Å². The zero-order valence-corrected chi connectivity index (χ0v) is 16.4. The molecule has 7 nitrogen and oxygen atoms in total. The summed E-state index contributed by atoms with van der Waals surface area (Å²) in [6.07, 6.45) is 3.86. The van der Waals surface area contributed by atoms with Gasteiger partial charge in [-0.2, -0.15) is 0 Å². The molecule has 148 valence electrons. The van der Waals surface area contributed by atoms with Gasteiger partial charge in [-0.15, -0.1) is 0 Å². The number of ether oxygens (including phenoxy) is 3. The minimum Gasteiger partial charge on any atom is -0.495 e. The Morgan fingerprint density at radius 1 is 0.964 bits per heavy atom. The third kappa shape index (κ3) is 5.77. The van der Waals surface area contributed by atoms with Gasteiger partial charge in [-0.25, -0.2) is 0 Å². The second-order valence-electron chi connectivity index (χ2n) is 5.84. The highest BCUT2D eigenvalue weighted by atomic mass is 16.5. The second kappa shape index (κ2) is 10.0. The molecule has 2 aromatic rings. The number of hydrogen-bond donors (Lipinski definition) is 2. The average molecular weight is 384 g/mol. The van der Waals surface area contributed by atoms with Crippen molar-refractivity contribution in [1.29, 1.82) is 0 Å². The topological polar surface area (TPSA) is 85.9 Å². The zero-order valence-electron chi connectivity index (χ0n) is 16.4. The predicted molar refractivity (Wildman–Crippen MR) is 109 cm³/mol.